The molecule has 3 rings (SSSR count). The number of nitrogens with one attached hydrogen (secondary N) is 2. The number of aromatic nitrogens is 1. The van der Waals surface area contributed by atoms with Gasteiger partial charge in [0.15, 0.2) is 0 Å². The number of aryl methyl sites for hydroxylation is 1. The minimum atomic E-state index is -0.277. The summed E-state index contributed by atoms with van der Waals surface area (Å²) in [6.45, 7) is 2.96. The Morgan fingerprint density at radius 3 is 2.71 bits per heavy atom. The van der Waals surface area contributed by atoms with Crippen molar-refractivity contribution in [3.8, 4) is 0 Å². The Balaban J connectivity index is 1.71. The number of rotatable bonds is 3. The third-order valence-electron chi connectivity index (χ3n) is 3.29. The Hall–Kier alpha value is -2.83. The van der Waals surface area contributed by atoms with Crippen molar-refractivity contribution in [1.29, 1.82) is 0 Å². The zero-order chi connectivity index (χ0) is 14.8. The summed E-state index contributed by atoms with van der Waals surface area (Å²) >= 11 is 0. The average Bonchev–Trinajstić information content (AvgIpc) is 3.08. The smallest absolute Gasteiger partial charge is 0.321 e. The van der Waals surface area contributed by atoms with Crippen LogP contribution in [0.15, 0.2) is 35.0 Å². The van der Waals surface area contributed by atoms with E-state index in [1.807, 2.05) is 0 Å². The molecule has 0 saturated carbocycles. The molecule has 2 N–H and O–H groups in total. The maximum absolute atomic E-state index is 12.0. The van der Waals surface area contributed by atoms with Gasteiger partial charge in [-0.3, -0.25) is 9.69 Å². The molecule has 1 aliphatic heterocycles. The Bertz CT molecular complexity index is 678. The van der Waals surface area contributed by atoms with Gasteiger partial charge in [-0.05, 0) is 31.2 Å². The van der Waals surface area contributed by atoms with Crippen LogP contribution in [0, 0.1) is 6.92 Å². The van der Waals surface area contributed by atoms with Crippen LogP contribution < -0.4 is 15.5 Å². The fourth-order valence-electron chi connectivity index (χ4n) is 2.16. The van der Waals surface area contributed by atoms with E-state index in [1.54, 1.807) is 36.1 Å². The molecule has 2 heterocycles. The molecule has 21 heavy (non-hydrogen) atoms. The van der Waals surface area contributed by atoms with Crippen LogP contribution in [0.5, 0.6) is 0 Å². The van der Waals surface area contributed by atoms with Crippen LogP contribution in [0.1, 0.15) is 16.1 Å². The van der Waals surface area contributed by atoms with Crippen LogP contribution in [-0.4, -0.2) is 30.2 Å². The Morgan fingerprint density at radius 1 is 1.38 bits per heavy atom. The van der Waals surface area contributed by atoms with Gasteiger partial charge in [0.25, 0.3) is 5.91 Å². The van der Waals surface area contributed by atoms with Gasteiger partial charge in [-0.1, -0.05) is 5.16 Å². The molecule has 0 unspecified atom stereocenters. The number of hydrogen-bond acceptors (Lipinski definition) is 4. The lowest BCUT2D eigenvalue weighted by atomic mass is 10.2. The van der Waals surface area contributed by atoms with Crippen molar-refractivity contribution in [1.82, 2.24) is 10.5 Å². The van der Waals surface area contributed by atoms with Crippen molar-refractivity contribution in [3.63, 3.8) is 0 Å². The first-order valence-electron chi connectivity index (χ1n) is 6.53. The third-order valence-corrected chi connectivity index (χ3v) is 3.29. The highest BCUT2D eigenvalue weighted by Crippen LogP contribution is 2.20. The van der Waals surface area contributed by atoms with Crippen LogP contribution in [0.2, 0.25) is 0 Å². The summed E-state index contributed by atoms with van der Waals surface area (Å²) < 4.78 is 4.86. The minimum Gasteiger partial charge on any atom is -0.361 e. The average molecular weight is 286 g/mol. The van der Waals surface area contributed by atoms with Gasteiger partial charge in [0, 0.05) is 24.5 Å². The number of benzene rings is 1. The highest BCUT2D eigenvalue weighted by molar-refractivity contribution is 6.04. The van der Waals surface area contributed by atoms with E-state index < -0.39 is 0 Å². The SMILES string of the molecule is Cc1oncc1C(=O)Nc1ccc(N2CCNC2=O)cc1. The second kappa shape index (κ2) is 5.28. The topological polar surface area (TPSA) is 87.5 Å². The van der Waals surface area contributed by atoms with E-state index in [4.69, 9.17) is 4.52 Å². The van der Waals surface area contributed by atoms with Crippen molar-refractivity contribution >= 4 is 23.3 Å². The molecule has 0 spiro atoms. The van der Waals surface area contributed by atoms with Gasteiger partial charge in [-0.25, -0.2) is 4.79 Å². The summed E-state index contributed by atoms with van der Waals surface area (Å²) in [7, 11) is 0. The van der Waals surface area contributed by atoms with E-state index in [9.17, 15) is 9.59 Å². The number of amides is 3. The summed E-state index contributed by atoms with van der Waals surface area (Å²) in [5, 5.41) is 9.07. The van der Waals surface area contributed by atoms with E-state index in [2.05, 4.69) is 15.8 Å². The Labute approximate surface area is 120 Å². The van der Waals surface area contributed by atoms with Gasteiger partial charge in [0.1, 0.15) is 11.3 Å². The van der Waals surface area contributed by atoms with E-state index in [0.717, 1.165) is 5.69 Å². The summed E-state index contributed by atoms with van der Waals surface area (Å²) in [6, 6.07) is 6.98. The maximum atomic E-state index is 12.0. The molecule has 1 aliphatic rings. The lowest BCUT2D eigenvalue weighted by Gasteiger charge is -2.14. The first-order valence-corrected chi connectivity index (χ1v) is 6.53. The quantitative estimate of drug-likeness (QED) is 0.900. The second-order valence-corrected chi connectivity index (χ2v) is 4.68. The molecule has 7 nitrogen and oxygen atoms in total. The molecule has 1 saturated heterocycles. The van der Waals surface area contributed by atoms with Crippen molar-refractivity contribution in [2.45, 2.75) is 6.92 Å². The van der Waals surface area contributed by atoms with Gasteiger partial charge in [0.05, 0.1) is 6.20 Å². The van der Waals surface area contributed by atoms with Crippen molar-refractivity contribution in [2.24, 2.45) is 0 Å². The van der Waals surface area contributed by atoms with E-state index in [1.165, 1.54) is 6.20 Å². The largest absolute Gasteiger partial charge is 0.361 e. The fraction of sp³-hybridized carbons (Fsp3) is 0.214. The normalized spacial score (nSPS) is 14.1. The highest BCUT2D eigenvalue weighted by Gasteiger charge is 2.21. The van der Waals surface area contributed by atoms with Gasteiger partial charge < -0.3 is 15.2 Å². The number of carbonyl (C=O) groups excluding carboxylic acids is 2. The maximum Gasteiger partial charge on any atom is 0.321 e. The molecule has 0 radical (unpaired) electrons. The summed E-state index contributed by atoms with van der Waals surface area (Å²) in [5.74, 6) is 0.193. The predicted octanol–water partition coefficient (Wildman–Crippen LogP) is 1.76. The molecular formula is C14H14N4O3. The first-order chi connectivity index (χ1) is 10.1. The van der Waals surface area contributed by atoms with Crippen LogP contribution in [0.4, 0.5) is 16.2 Å². The van der Waals surface area contributed by atoms with Crippen molar-refractivity contribution in [3.05, 3.63) is 41.8 Å². The third kappa shape index (κ3) is 2.58. The zero-order valence-corrected chi connectivity index (χ0v) is 11.4. The van der Waals surface area contributed by atoms with Gasteiger partial charge in [-0.15, -0.1) is 0 Å². The molecule has 2 aromatic rings. The zero-order valence-electron chi connectivity index (χ0n) is 11.4. The molecule has 108 valence electrons. The Morgan fingerprint density at radius 2 is 2.14 bits per heavy atom. The van der Waals surface area contributed by atoms with Gasteiger partial charge >= 0.3 is 6.03 Å². The molecule has 3 amide bonds. The predicted molar refractivity (Wildman–Crippen MR) is 76.4 cm³/mol. The van der Waals surface area contributed by atoms with Crippen LogP contribution in [0.25, 0.3) is 0 Å². The lowest BCUT2D eigenvalue weighted by Crippen LogP contribution is -2.27. The standard InChI is InChI=1S/C14H14N4O3/c1-9-12(8-16-21-9)13(19)17-10-2-4-11(5-3-10)18-7-6-15-14(18)20/h2-5,8H,6-7H2,1H3,(H,15,20)(H,17,19). The number of anilines is 2. The molecule has 1 aromatic carbocycles. The number of nitrogens with zero attached hydrogens (tertiary/aromatic N) is 2. The summed E-state index contributed by atoms with van der Waals surface area (Å²) in [5.41, 5.74) is 1.84. The van der Waals surface area contributed by atoms with Gasteiger partial charge in [-0.2, -0.15) is 0 Å². The monoisotopic (exact) mass is 286 g/mol. The summed E-state index contributed by atoms with van der Waals surface area (Å²) in [4.78, 5) is 25.2. The van der Waals surface area contributed by atoms with Crippen LogP contribution in [0.3, 0.4) is 0 Å². The van der Waals surface area contributed by atoms with Crippen LogP contribution >= 0.6 is 0 Å². The second-order valence-electron chi connectivity index (χ2n) is 4.68. The van der Waals surface area contributed by atoms with E-state index in [-0.39, 0.29) is 11.9 Å². The lowest BCUT2D eigenvalue weighted by molar-refractivity contribution is 0.102. The molecule has 0 bridgehead atoms. The number of carbonyl (C=O) groups is 2. The minimum absolute atomic E-state index is 0.105. The molecule has 0 atom stereocenters. The number of hydrogen-bond donors (Lipinski definition) is 2. The summed E-state index contributed by atoms with van der Waals surface area (Å²) in [6.07, 6.45) is 1.38. The molecule has 0 aliphatic carbocycles. The van der Waals surface area contributed by atoms with Gasteiger partial charge in [0.2, 0.25) is 0 Å². The molecule has 1 fully saturated rings. The molecular weight excluding hydrogens is 272 g/mol. The van der Waals surface area contributed by atoms with E-state index in [0.29, 0.717) is 30.1 Å². The number of urea groups is 1. The highest BCUT2D eigenvalue weighted by atomic mass is 16.5. The molecule has 7 heteroatoms. The van der Waals surface area contributed by atoms with E-state index >= 15 is 0 Å². The molecule has 1 aromatic heterocycles. The first kappa shape index (κ1) is 13.2. The Kier molecular flexibility index (Phi) is 3.31. The fourth-order valence-corrected chi connectivity index (χ4v) is 2.16. The van der Waals surface area contributed by atoms with Crippen molar-refractivity contribution in [2.75, 3.05) is 23.3 Å². The van der Waals surface area contributed by atoms with Crippen molar-refractivity contribution < 1.29 is 14.1 Å². The van der Waals surface area contributed by atoms with Crippen LogP contribution in [-0.2, 0) is 0 Å².